The van der Waals surface area contributed by atoms with Crippen LogP contribution >= 0.6 is 0 Å². The van der Waals surface area contributed by atoms with Crippen LogP contribution in [0.5, 0.6) is 0 Å². The van der Waals surface area contributed by atoms with Crippen LogP contribution in [0.2, 0.25) is 0 Å². The molecule has 6 heteroatoms. The number of amides is 2. The number of aromatic nitrogens is 1. The van der Waals surface area contributed by atoms with Gasteiger partial charge >= 0.3 is 6.03 Å². The van der Waals surface area contributed by atoms with Gasteiger partial charge in [-0.2, -0.15) is 0 Å². The summed E-state index contributed by atoms with van der Waals surface area (Å²) >= 11 is 0. The van der Waals surface area contributed by atoms with E-state index in [1.165, 1.54) is 18.4 Å². The molecule has 3 rings (SSSR count). The smallest absolute Gasteiger partial charge is 0.315 e. The fourth-order valence-corrected chi connectivity index (χ4v) is 3.98. The number of pyridine rings is 1. The predicted molar refractivity (Wildman–Crippen MR) is 99.0 cm³/mol. The molecule has 0 bridgehead atoms. The highest BCUT2D eigenvalue weighted by atomic mass is 16.2. The van der Waals surface area contributed by atoms with Gasteiger partial charge in [-0.15, -0.1) is 0 Å². The van der Waals surface area contributed by atoms with Gasteiger partial charge in [-0.25, -0.2) is 4.79 Å². The van der Waals surface area contributed by atoms with Crippen molar-refractivity contribution in [2.45, 2.75) is 63.6 Å². The molecule has 25 heavy (non-hydrogen) atoms. The minimum atomic E-state index is -0.0405. The van der Waals surface area contributed by atoms with Gasteiger partial charge < -0.3 is 20.1 Å². The lowest BCUT2D eigenvalue weighted by Gasteiger charge is -2.28. The summed E-state index contributed by atoms with van der Waals surface area (Å²) in [4.78, 5) is 26.5. The number of likely N-dealkylation sites (N-methyl/N-ethyl adjacent to an activating group) is 1. The Labute approximate surface area is 149 Å². The van der Waals surface area contributed by atoms with Crippen molar-refractivity contribution in [3.05, 3.63) is 33.7 Å². The zero-order valence-corrected chi connectivity index (χ0v) is 15.4. The van der Waals surface area contributed by atoms with Crippen LogP contribution < -0.4 is 16.2 Å². The number of hydrogen-bond acceptors (Lipinski definition) is 3. The second kappa shape index (κ2) is 8.04. The monoisotopic (exact) mass is 346 g/mol. The fraction of sp³-hybridized carbons (Fsp3) is 0.684. The number of rotatable bonds is 5. The maximum atomic E-state index is 12.2. The molecular weight excluding hydrogens is 316 g/mol. The van der Waals surface area contributed by atoms with E-state index in [2.05, 4.69) is 15.5 Å². The van der Waals surface area contributed by atoms with Crippen molar-refractivity contribution in [1.82, 2.24) is 20.1 Å². The van der Waals surface area contributed by atoms with Gasteiger partial charge in [0.05, 0.1) is 0 Å². The van der Waals surface area contributed by atoms with Crippen LogP contribution in [0.4, 0.5) is 4.79 Å². The summed E-state index contributed by atoms with van der Waals surface area (Å²) < 4.78 is 1.91. The third kappa shape index (κ3) is 4.63. The molecule has 2 aliphatic carbocycles. The van der Waals surface area contributed by atoms with Gasteiger partial charge in [0.2, 0.25) is 0 Å². The summed E-state index contributed by atoms with van der Waals surface area (Å²) in [5.74, 6) is 0. The number of nitrogens with one attached hydrogen (secondary N) is 2. The molecule has 1 heterocycles. The second-order valence-corrected chi connectivity index (χ2v) is 7.64. The van der Waals surface area contributed by atoms with E-state index in [-0.39, 0.29) is 17.6 Å². The Bertz CT molecular complexity index is 662. The Hall–Kier alpha value is -1.82. The Morgan fingerprint density at radius 2 is 1.88 bits per heavy atom. The lowest BCUT2D eigenvalue weighted by Crippen LogP contribution is -2.47. The summed E-state index contributed by atoms with van der Waals surface area (Å²) in [7, 11) is 4.03. The second-order valence-electron chi connectivity index (χ2n) is 7.64. The molecule has 1 aromatic heterocycles. The molecule has 1 atom stereocenters. The van der Waals surface area contributed by atoms with E-state index >= 15 is 0 Å². The lowest BCUT2D eigenvalue weighted by atomic mass is 9.91. The van der Waals surface area contributed by atoms with Crippen LogP contribution in [0.25, 0.3) is 0 Å². The molecular formula is C19H30N4O2. The van der Waals surface area contributed by atoms with Gasteiger partial charge in [0, 0.05) is 36.9 Å². The van der Waals surface area contributed by atoms with E-state index in [0.29, 0.717) is 6.04 Å². The van der Waals surface area contributed by atoms with E-state index in [1.807, 2.05) is 24.7 Å². The first-order chi connectivity index (χ1) is 12.0. The molecule has 6 nitrogen and oxygen atoms in total. The molecule has 1 fully saturated rings. The number of carbonyl (C=O) groups is 1. The summed E-state index contributed by atoms with van der Waals surface area (Å²) in [6.45, 7) is 1.57. The van der Waals surface area contributed by atoms with Gasteiger partial charge in [-0.3, -0.25) is 4.79 Å². The van der Waals surface area contributed by atoms with E-state index in [1.54, 1.807) is 6.07 Å². The van der Waals surface area contributed by atoms with E-state index in [0.717, 1.165) is 50.9 Å². The minimum Gasteiger partial charge on any atom is -0.335 e. The van der Waals surface area contributed by atoms with E-state index < -0.39 is 0 Å². The van der Waals surface area contributed by atoms with Crippen molar-refractivity contribution >= 4 is 6.03 Å². The molecule has 0 radical (unpaired) electrons. The molecule has 0 saturated heterocycles. The zero-order chi connectivity index (χ0) is 17.8. The van der Waals surface area contributed by atoms with Crippen molar-refractivity contribution < 1.29 is 4.79 Å². The van der Waals surface area contributed by atoms with E-state index in [9.17, 15) is 9.59 Å². The van der Waals surface area contributed by atoms with Gasteiger partial charge in [-0.1, -0.05) is 18.9 Å². The topological polar surface area (TPSA) is 66.4 Å². The number of hydrogen-bond donors (Lipinski definition) is 2. The first-order valence-corrected chi connectivity index (χ1v) is 9.46. The molecule has 1 saturated carbocycles. The molecule has 0 aromatic carbocycles. The highest BCUT2D eigenvalue weighted by Gasteiger charge is 2.24. The third-order valence-electron chi connectivity index (χ3n) is 5.38. The summed E-state index contributed by atoms with van der Waals surface area (Å²) in [5.41, 5.74) is 2.41. The summed E-state index contributed by atoms with van der Waals surface area (Å²) in [5, 5.41) is 6.22. The molecule has 0 spiro atoms. The first-order valence-electron chi connectivity index (χ1n) is 9.46. The largest absolute Gasteiger partial charge is 0.335 e. The van der Waals surface area contributed by atoms with Gasteiger partial charge in [0.1, 0.15) is 0 Å². The van der Waals surface area contributed by atoms with Crippen molar-refractivity contribution in [1.29, 1.82) is 0 Å². The van der Waals surface area contributed by atoms with Gasteiger partial charge in [-0.05, 0) is 51.8 Å². The summed E-state index contributed by atoms with van der Waals surface area (Å²) in [6.07, 6.45) is 7.15. The number of carbonyl (C=O) groups excluding carboxylic acids is 1. The van der Waals surface area contributed by atoms with E-state index in [4.69, 9.17) is 0 Å². The molecule has 138 valence electrons. The quantitative estimate of drug-likeness (QED) is 0.849. The van der Waals surface area contributed by atoms with Crippen LogP contribution in [-0.2, 0) is 19.4 Å². The minimum absolute atomic E-state index is 0.0405. The predicted octanol–water partition coefficient (Wildman–Crippen LogP) is 1.51. The normalized spacial score (nSPS) is 20.5. The molecule has 0 unspecified atom stereocenters. The zero-order valence-electron chi connectivity index (χ0n) is 15.4. The Morgan fingerprint density at radius 3 is 2.60 bits per heavy atom. The molecule has 1 aromatic rings. The highest BCUT2D eigenvalue weighted by molar-refractivity contribution is 5.74. The van der Waals surface area contributed by atoms with Crippen LogP contribution in [-0.4, -0.2) is 48.2 Å². The standard InChI is InChI=1S/C19H30N4O2/c1-22(2)11-12-23-17-9-8-16(13-14(17)7-10-18(23)24)21-19(25)20-15-5-3-4-6-15/h7,10,15-16H,3-6,8-9,11-13H2,1-2H3,(H2,20,21,25)/t16-/m1/s1. The fourth-order valence-electron chi connectivity index (χ4n) is 3.98. The van der Waals surface area contributed by atoms with Crippen LogP contribution in [0.3, 0.4) is 0 Å². The third-order valence-corrected chi connectivity index (χ3v) is 5.38. The number of nitrogens with zero attached hydrogens (tertiary/aromatic N) is 2. The molecule has 0 aliphatic heterocycles. The average Bonchev–Trinajstić information content (AvgIpc) is 3.06. The lowest BCUT2D eigenvalue weighted by molar-refractivity contribution is 0.231. The average molecular weight is 346 g/mol. The molecule has 2 N–H and O–H groups in total. The van der Waals surface area contributed by atoms with Crippen LogP contribution in [0.1, 0.15) is 43.4 Å². The summed E-state index contributed by atoms with van der Waals surface area (Å²) in [6, 6.07) is 4.05. The Balaban J connectivity index is 1.62. The molecule has 2 aliphatic rings. The molecule has 2 amide bonds. The van der Waals surface area contributed by atoms with Crippen molar-refractivity contribution in [3.63, 3.8) is 0 Å². The number of urea groups is 1. The van der Waals surface area contributed by atoms with Gasteiger partial charge in [0.25, 0.3) is 5.56 Å². The SMILES string of the molecule is CN(C)CCn1c2c(ccc1=O)C[C@H](NC(=O)NC1CCCC1)CC2. The Morgan fingerprint density at radius 1 is 1.16 bits per heavy atom. The Kier molecular flexibility index (Phi) is 5.78. The van der Waals surface area contributed by atoms with Gasteiger partial charge in [0.15, 0.2) is 0 Å². The van der Waals surface area contributed by atoms with Crippen LogP contribution in [0, 0.1) is 0 Å². The highest BCUT2D eigenvalue weighted by Crippen LogP contribution is 2.21. The number of fused-ring (bicyclic) bond motifs is 1. The van der Waals surface area contributed by atoms with Crippen LogP contribution in [0.15, 0.2) is 16.9 Å². The van der Waals surface area contributed by atoms with Crippen molar-refractivity contribution in [2.24, 2.45) is 0 Å². The maximum Gasteiger partial charge on any atom is 0.315 e. The maximum absolute atomic E-state index is 12.2. The first kappa shape index (κ1) is 18.0. The van der Waals surface area contributed by atoms with Crippen molar-refractivity contribution in [3.8, 4) is 0 Å². The van der Waals surface area contributed by atoms with Crippen molar-refractivity contribution in [2.75, 3.05) is 20.6 Å².